The molecule has 0 unspecified atom stereocenters. The van der Waals surface area contributed by atoms with E-state index in [0.29, 0.717) is 35.4 Å². The van der Waals surface area contributed by atoms with Crippen molar-refractivity contribution in [2.45, 2.75) is 32.2 Å². The third-order valence-electron chi connectivity index (χ3n) is 5.36. The van der Waals surface area contributed by atoms with Gasteiger partial charge in [-0.2, -0.15) is 5.10 Å². The van der Waals surface area contributed by atoms with Gasteiger partial charge in [0.05, 0.1) is 39.1 Å². The van der Waals surface area contributed by atoms with Gasteiger partial charge in [0.1, 0.15) is 6.10 Å². The van der Waals surface area contributed by atoms with E-state index in [0.717, 1.165) is 16.8 Å². The molecule has 2 aromatic carbocycles. The Morgan fingerprint density at radius 2 is 1.90 bits per heavy atom. The second-order valence-electron chi connectivity index (χ2n) is 7.36. The molecule has 0 bridgehead atoms. The molecule has 0 saturated heterocycles. The number of carbonyl (C=O) groups is 1. The minimum absolute atomic E-state index is 0.133. The molecular weight excluding hydrogens is 418 g/mol. The van der Waals surface area contributed by atoms with Crippen molar-refractivity contribution in [1.82, 2.24) is 15.1 Å². The van der Waals surface area contributed by atoms with Gasteiger partial charge in [-0.1, -0.05) is 29.8 Å². The first-order valence-corrected chi connectivity index (χ1v) is 10.3. The summed E-state index contributed by atoms with van der Waals surface area (Å²) in [6.45, 7) is 2.84. The van der Waals surface area contributed by atoms with Gasteiger partial charge in [-0.15, -0.1) is 0 Å². The molecule has 2 heterocycles. The van der Waals surface area contributed by atoms with Gasteiger partial charge in [-0.05, 0) is 48.4 Å². The summed E-state index contributed by atoms with van der Waals surface area (Å²) in [6.07, 6.45) is -0.133. The Labute approximate surface area is 185 Å². The third kappa shape index (κ3) is 4.52. The molecule has 162 valence electrons. The van der Waals surface area contributed by atoms with Gasteiger partial charge >= 0.3 is 0 Å². The van der Waals surface area contributed by atoms with E-state index in [1.807, 2.05) is 54.1 Å². The van der Waals surface area contributed by atoms with Crippen molar-refractivity contribution in [2.24, 2.45) is 0 Å². The number of aromatic nitrogens is 2. The molecule has 0 spiro atoms. The highest BCUT2D eigenvalue weighted by molar-refractivity contribution is 6.30. The van der Waals surface area contributed by atoms with E-state index in [9.17, 15) is 4.79 Å². The molecule has 0 radical (unpaired) electrons. The minimum Gasteiger partial charge on any atom is -0.493 e. The van der Waals surface area contributed by atoms with Crippen molar-refractivity contribution in [2.75, 3.05) is 14.2 Å². The van der Waals surface area contributed by atoms with Crippen LogP contribution in [0.1, 0.15) is 46.4 Å². The van der Waals surface area contributed by atoms with E-state index in [1.165, 1.54) is 0 Å². The molecule has 1 aliphatic heterocycles. The highest BCUT2D eigenvalue weighted by Crippen LogP contribution is 2.30. The van der Waals surface area contributed by atoms with Crippen LogP contribution in [0, 0.1) is 0 Å². The Morgan fingerprint density at radius 1 is 1.16 bits per heavy atom. The second kappa shape index (κ2) is 8.99. The maximum Gasteiger partial charge on any atom is 0.272 e. The maximum atomic E-state index is 12.8. The lowest BCUT2D eigenvalue weighted by atomic mass is 10.1. The fourth-order valence-corrected chi connectivity index (χ4v) is 3.72. The maximum absolute atomic E-state index is 12.8. The highest BCUT2D eigenvalue weighted by atomic mass is 35.5. The Bertz CT molecular complexity index is 1080. The number of rotatable bonds is 6. The summed E-state index contributed by atoms with van der Waals surface area (Å²) >= 11 is 5.97. The van der Waals surface area contributed by atoms with Crippen LogP contribution < -0.4 is 14.8 Å². The Hall–Kier alpha value is -3.03. The van der Waals surface area contributed by atoms with E-state index in [4.69, 9.17) is 25.8 Å². The fourth-order valence-electron chi connectivity index (χ4n) is 3.59. The van der Waals surface area contributed by atoms with E-state index in [2.05, 4.69) is 10.4 Å². The van der Waals surface area contributed by atoms with Crippen LogP contribution in [0.3, 0.4) is 0 Å². The molecule has 3 aromatic rings. The van der Waals surface area contributed by atoms with E-state index in [-0.39, 0.29) is 18.1 Å². The van der Waals surface area contributed by atoms with Crippen LogP contribution in [0.25, 0.3) is 0 Å². The summed E-state index contributed by atoms with van der Waals surface area (Å²) in [5, 5.41) is 8.18. The van der Waals surface area contributed by atoms with Gasteiger partial charge < -0.3 is 19.5 Å². The lowest BCUT2D eigenvalue weighted by molar-refractivity contribution is -0.00119. The Morgan fingerprint density at radius 3 is 2.61 bits per heavy atom. The van der Waals surface area contributed by atoms with Gasteiger partial charge in [-0.25, -0.2) is 0 Å². The fraction of sp³-hybridized carbons (Fsp3) is 0.304. The number of fused-ring (bicyclic) bond motifs is 1. The quantitative estimate of drug-likeness (QED) is 0.616. The van der Waals surface area contributed by atoms with Crippen molar-refractivity contribution in [3.05, 3.63) is 76.1 Å². The number of hydrogen-bond donors (Lipinski definition) is 1. The molecule has 7 nitrogen and oxygen atoms in total. The Kier molecular flexibility index (Phi) is 6.15. The Balaban J connectivity index is 1.45. The molecule has 0 saturated carbocycles. The molecule has 8 heteroatoms. The molecule has 1 N–H and O–H groups in total. The van der Waals surface area contributed by atoms with E-state index < -0.39 is 0 Å². The highest BCUT2D eigenvalue weighted by Gasteiger charge is 2.25. The number of nitrogens with zero attached hydrogens (tertiary/aromatic N) is 2. The zero-order valence-corrected chi connectivity index (χ0v) is 18.3. The lowest BCUT2D eigenvalue weighted by Crippen LogP contribution is -2.27. The summed E-state index contributed by atoms with van der Waals surface area (Å²) in [7, 11) is 3.17. The predicted octanol–water partition coefficient (Wildman–Crippen LogP) is 4.32. The average molecular weight is 442 g/mol. The topological polar surface area (TPSA) is 74.6 Å². The first kappa shape index (κ1) is 21.2. The van der Waals surface area contributed by atoms with Crippen LogP contribution in [0.4, 0.5) is 0 Å². The monoisotopic (exact) mass is 441 g/mol. The van der Waals surface area contributed by atoms with Crippen LogP contribution in [0.2, 0.25) is 5.02 Å². The number of halogens is 1. The summed E-state index contributed by atoms with van der Waals surface area (Å²) in [5.41, 5.74) is 3.16. The number of nitrogens with one attached hydrogen (secondary N) is 1. The third-order valence-corrected chi connectivity index (χ3v) is 5.62. The van der Waals surface area contributed by atoms with Crippen molar-refractivity contribution in [1.29, 1.82) is 0 Å². The lowest BCUT2D eigenvalue weighted by Gasteiger charge is -2.24. The number of amides is 1. The molecule has 2 atom stereocenters. The summed E-state index contributed by atoms with van der Waals surface area (Å²) in [5.74, 6) is 1.01. The molecule has 0 fully saturated rings. The minimum atomic E-state index is -0.243. The van der Waals surface area contributed by atoms with Crippen molar-refractivity contribution in [3.8, 4) is 11.5 Å². The van der Waals surface area contributed by atoms with Crippen LogP contribution in [0.5, 0.6) is 11.5 Å². The first-order valence-electron chi connectivity index (χ1n) is 9.95. The average Bonchev–Trinajstić information content (AvgIpc) is 3.22. The molecule has 0 aliphatic carbocycles. The second-order valence-corrected chi connectivity index (χ2v) is 7.80. The van der Waals surface area contributed by atoms with E-state index in [1.54, 1.807) is 20.3 Å². The number of methoxy groups -OCH3 is 2. The number of carbonyl (C=O) groups excluding carboxylic acids is 1. The molecule has 1 aliphatic rings. The van der Waals surface area contributed by atoms with Crippen LogP contribution in [-0.4, -0.2) is 29.9 Å². The van der Waals surface area contributed by atoms with Gasteiger partial charge in [0.15, 0.2) is 17.2 Å². The predicted molar refractivity (Wildman–Crippen MR) is 117 cm³/mol. The molecule has 1 aromatic heterocycles. The largest absolute Gasteiger partial charge is 0.493 e. The zero-order valence-electron chi connectivity index (χ0n) is 17.6. The van der Waals surface area contributed by atoms with Gasteiger partial charge in [0.2, 0.25) is 0 Å². The van der Waals surface area contributed by atoms with Crippen molar-refractivity contribution >= 4 is 17.5 Å². The molecule has 1 amide bonds. The van der Waals surface area contributed by atoms with Crippen LogP contribution in [0.15, 0.2) is 48.5 Å². The molecule has 4 rings (SSSR count). The SMILES string of the molecule is COc1ccc([C@@H](C)NC(=O)c2cc3n(n2)C[C@@H](c2ccc(Cl)cc2)OC3)cc1OC. The first-order chi connectivity index (χ1) is 15.0. The van der Waals surface area contributed by atoms with E-state index >= 15 is 0 Å². The van der Waals surface area contributed by atoms with Crippen LogP contribution >= 0.6 is 11.6 Å². The summed E-state index contributed by atoms with van der Waals surface area (Å²) < 4.78 is 18.4. The number of hydrogen-bond acceptors (Lipinski definition) is 5. The van der Waals surface area contributed by atoms with Crippen LogP contribution in [-0.2, 0) is 17.9 Å². The summed E-state index contributed by atoms with van der Waals surface area (Å²) in [4.78, 5) is 12.8. The van der Waals surface area contributed by atoms with Gasteiger partial charge in [0.25, 0.3) is 5.91 Å². The van der Waals surface area contributed by atoms with Crippen molar-refractivity contribution in [3.63, 3.8) is 0 Å². The van der Waals surface area contributed by atoms with Gasteiger partial charge in [-0.3, -0.25) is 9.48 Å². The number of benzene rings is 2. The zero-order chi connectivity index (χ0) is 22.0. The standard InChI is InChI=1S/C23H24ClN3O4/c1-14(16-6-9-20(29-2)21(10-16)30-3)25-23(28)19-11-18-13-31-22(12-27(18)26-19)15-4-7-17(24)8-5-15/h4-11,14,22H,12-13H2,1-3H3,(H,25,28)/t14-,22+/m1/s1. The van der Waals surface area contributed by atoms with Gasteiger partial charge in [0, 0.05) is 5.02 Å². The number of ether oxygens (including phenoxy) is 3. The normalized spacial score (nSPS) is 16.3. The van der Waals surface area contributed by atoms with Crippen molar-refractivity contribution < 1.29 is 19.0 Å². The molecule has 31 heavy (non-hydrogen) atoms. The smallest absolute Gasteiger partial charge is 0.272 e. The molecular formula is C23H24ClN3O4. The summed E-state index contributed by atoms with van der Waals surface area (Å²) in [6, 6.07) is 14.7.